The number of nitrogens with one attached hydrogen (secondary N) is 1. The molecular weight excluding hydrogens is 250 g/mol. The molecule has 5 heteroatoms. The van der Waals surface area contributed by atoms with Gasteiger partial charge in [0.05, 0.1) is 10.6 Å². The van der Waals surface area contributed by atoms with Crippen molar-refractivity contribution >= 4 is 22.9 Å². The second-order valence-corrected chi connectivity index (χ2v) is 6.12. The maximum atomic E-state index is 4.25. The Kier molecular flexibility index (Phi) is 4.25. The number of thiophene rings is 1. The van der Waals surface area contributed by atoms with Crippen LogP contribution in [-0.4, -0.2) is 16.6 Å². The van der Waals surface area contributed by atoms with Gasteiger partial charge in [0.2, 0.25) is 0 Å². The minimum absolute atomic E-state index is 0.325. The summed E-state index contributed by atoms with van der Waals surface area (Å²) < 4.78 is 4.10. The van der Waals surface area contributed by atoms with Gasteiger partial charge in [-0.05, 0) is 35.9 Å². The van der Waals surface area contributed by atoms with E-state index in [-0.39, 0.29) is 0 Å². The molecule has 0 aliphatic heterocycles. The lowest BCUT2D eigenvalue weighted by Crippen LogP contribution is -2.19. The predicted octanol–water partition coefficient (Wildman–Crippen LogP) is 3.23. The zero-order chi connectivity index (χ0) is 12.3. The zero-order valence-electron chi connectivity index (χ0n) is 10.3. The van der Waals surface area contributed by atoms with E-state index < -0.39 is 0 Å². The van der Waals surface area contributed by atoms with Crippen LogP contribution in [0.25, 0.3) is 0 Å². The number of likely N-dealkylation sites (N-methyl/N-ethyl adjacent to an activating group) is 1. The largest absolute Gasteiger partial charge is 0.312 e. The van der Waals surface area contributed by atoms with E-state index in [0.29, 0.717) is 12.0 Å². The van der Waals surface area contributed by atoms with Crippen molar-refractivity contribution < 1.29 is 0 Å². The number of hydrogen-bond acceptors (Lipinski definition) is 5. The van der Waals surface area contributed by atoms with Crippen LogP contribution in [0.1, 0.15) is 41.3 Å². The number of nitrogens with zero attached hydrogens (tertiary/aromatic N) is 2. The number of rotatable bonds is 5. The first kappa shape index (κ1) is 12.7. The van der Waals surface area contributed by atoms with Gasteiger partial charge in [0.15, 0.2) is 0 Å². The SMILES string of the molecule is CNC(Cc1cccs1)c1snnc1C(C)C. The highest BCUT2D eigenvalue weighted by molar-refractivity contribution is 7.10. The lowest BCUT2D eigenvalue weighted by molar-refractivity contribution is 0.593. The van der Waals surface area contributed by atoms with Crippen molar-refractivity contribution in [2.24, 2.45) is 0 Å². The quantitative estimate of drug-likeness (QED) is 0.904. The van der Waals surface area contributed by atoms with Crippen molar-refractivity contribution in [2.45, 2.75) is 32.2 Å². The molecule has 1 atom stereocenters. The first-order valence-corrected chi connectivity index (χ1v) is 7.39. The molecule has 0 aliphatic carbocycles. The number of aromatic nitrogens is 2. The van der Waals surface area contributed by atoms with E-state index in [1.165, 1.54) is 21.3 Å². The molecule has 0 aromatic carbocycles. The molecule has 1 unspecified atom stereocenters. The Morgan fingerprint density at radius 1 is 1.41 bits per heavy atom. The molecule has 2 rings (SSSR count). The number of hydrogen-bond donors (Lipinski definition) is 1. The molecule has 2 aromatic rings. The van der Waals surface area contributed by atoms with Crippen LogP contribution in [0, 0.1) is 0 Å². The first-order chi connectivity index (χ1) is 8.22. The third-order valence-electron chi connectivity index (χ3n) is 2.74. The minimum Gasteiger partial charge on any atom is -0.312 e. The van der Waals surface area contributed by atoms with E-state index in [1.807, 2.05) is 7.05 Å². The van der Waals surface area contributed by atoms with E-state index in [2.05, 4.69) is 46.3 Å². The van der Waals surface area contributed by atoms with Crippen LogP contribution < -0.4 is 5.32 Å². The molecule has 0 radical (unpaired) electrons. The van der Waals surface area contributed by atoms with Crippen LogP contribution in [-0.2, 0) is 6.42 Å². The molecule has 0 saturated carbocycles. The van der Waals surface area contributed by atoms with Crippen molar-refractivity contribution in [3.05, 3.63) is 33.0 Å². The second kappa shape index (κ2) is 5.71. The van der Waals surface area contributed by atoms with Gasteiger partial charge >= 0.3 is 0 Å². The van der Waals surface area contributed by atoms with Crippen molar-refractivity contribution in [3.63, 3.8) is 0 Å². The standard InChI is InChI=1S/C12H17N3S2/c1-8(2)11-12(17-15-14-11)10(13-3)7-9-5-4-6-16-9/h4-6,8,10,13H,7H2,1-3H3. The van der Waals surface area contributed by atoms with Crippen LogP contribution in [0.15, 0.2) is 17.5 Å². The Balaban J connectivity index is 2.20. The zero-order valence-corrected chi connectivity index (χ0v) is 11.9. The van der Waals surface area contributed by atoms with E-state index in [0.717, 1.165) is 12.1 Å². The van der Waals surface area contributed by atoms with Crippen LogP contribution in [0.3, 0.4) is 0 Å². The third kappa shape index (κ3) is 2.91. The Labute approximate surface area is 110 Å². The highest BCUT2D eigenvalue weighted by atomic mass is 32.1. The van der Waals surface area contributed by atoms with Gasteiger partial charge in [-0.1, -0.05) is 24.4 Å². The molecule has 0 saturated heterocycles. The molecule has 0 aliphatic rings. The minimum atomic E-state index is 0.325. The van der Waals surface area contributed by atoms with Gasteiger partial charge in [-0.25, -0.2) is 0 Å². The summed E-state index contributed by atoms with van der Waals surface area (Å²) in [5, 5.41) is 9.74. The smallest absolute Gasteiger partial charge is 0.0829 e. The lowest BCUT2D eigenvalue weighted by Gasteiger charge is -2.15. The van der Waals surface area contributed by atoms with Gasteiger partial charge < -0.3 is 5.32 Å². The lowest BCUT2D eigenvalue weighted by atomic mass is 10.0. The molecule has 2 aromatic heterocycles. The van der Waals surface area contributed by atoms with E-state index in [1.54, 1.807) is 11.3 Å². The van der Waals surface area contributed by atoms with Crippen molar-refractivity contribution in [1.29, 1.82) is 0 Å². The summed E-state index contributed by atoms with van der Waals surface area (Å²) in [6, 6.07) is 4.60. The fraction of sp³-hybridized carbons (Fsp3) is 0.500. The highest BCUT2D eigenvalue weighted by Gasteiger charge is 2.20. The van der Waals surface area contributed by atoms with Crippen LogP contribution in [0.2, 0.25) is 0 Å². The molecular formula is C12H17N3S2. The van der Waals surface area contributed by atoms with Gasteiger partial charge in [0.25, 0.3) is 0 Å². The Hall–Kier alpha value is -0.780. The Morgan fingerprint density at radius 3 is 2.82 bits per heavy atom. The molecule has 17 heavy (non-hydrogen) atoms. The normalized spacial score (nSPS) is 13.2. The highest BCUT2D eigenvalue weighted by Crippen LogP contribution is 2.29. The van der Waals surface area contributed by atoms with E-state index >= 15 is 0 Å². The summed E-state index contributed by atoms with van der Waals surface area (Å²) in [6.45, 7) is 4.33. The van der Waals surface area contributed by atoms with Crippen molar-refractivity contribution in [2.75, 3.05) is 7.05 Å². The second-order valence-electron chi connectivity index (χ2n) is 4.30. The molecule has 1 N–H and O–H groups in total. The Morgan fingerprint density at radius 2 is 2.24 bits per heavy atom. The maximum Gasteiger partial charge on any atom is 0.0829 e. The predicted molar refractivity (Wildman–Crippen MR) is 73.8 cm³/mol. The molecule has 2 heterocycles. The van der Waals surface area contributed by atoms with Gasteiger partial charge in [0.1, 0.15) is 0 Å². The Bertz CT molecular complexity index is 448. The first-order valence-electron chi connectivity index (χ1n) is 5.74. The topological polar surface area (TPSA) is 37.8 Å². The summed E-state index contributed by atoms with van der Waals surface area (Å²) in [5.41, 5.74) is 1.13. The van der Waals surface area contributed by atoms with E-state index in [4.69, 9.17) is 0 Å². The maximum absolute atomic E-state index is 4.25. The van der Waals surface area contributed by atoms with Crippen LogP contribution in [0.4, 0.5) is 0 Å². The van der Waals surface area contributed by atoms with Crippen LogP contribution in [0.5, 0.6) is 0 Å². The van der Waals surface area contributed by atoms with E-state index in [9.17, 15) is 0 Å². The molecule has 3 nitrogen and oxygen atoms in total. The van der Waals surface area contributed by atoms with Gasteiger partial charge in [-0.15, -0.1) is 16.4 Å². The summed E-state index contributed by atoms with van der Waals surface area (Å²) in [5.74, 6) is 0.433. The molecule has 0 fully saturated rings. The molecule has 0 bridgehead atoms. The van der Waals surface area contributed by atoms with Gasteiger partial charge in [-0.3, -0.25) is 0 Å². The monoisotopic (exact) mass is 267 g/mol. The molecule has 92 valence electrons. The fourth-order valence-corrected chi connectivity index (χ4v) is 3.47. The fourth-order valence-electron chi connectivity index (χ4n) is 1.80. The third-order valence-corrected chi connectivity index (χ3v) is 4.49. The average molecular weight is 267 g/mol. The summed E-state index contributed by atoms with van der Waals surface area (Å²) in [4.78, 5) is 2.67. The molecule has 0 amide bonds. The van der Waals surface area contributed by atoms with Gasteiger partial charge in [0, 0.05) is 17.3 Å². The molecule has 0 spiro atoms. The van der Waals surface area contributed by atoms with Crippen molar-refractivity contribution in [3.8, 4) is 0 Å². The summed E-state index contributed by atoms with van der Waals surface area (Å²) >= 11 is 3.32. The summed E-state index contributed by atoms with van der Waals surface area (Å²) in [7, 11) is 2.00. The van der Waals surface area contributed by atoms with Crippen LogP contribution >= 0.6 is 22.9 Å². The summed E-state index contributed by atoms with van der Waals surface area (Å²) in [6.07, 6.45) is 1.01. The van der Waals surface area contributed by atoms with Crippen molar-refractivity contribution in [1.82, 2.24) is 14.9 Å². The average Bonchev–Trinajstić information content (AvgIpc) is 2.96. The van der Waals surface area contributed by atoms with Gasteiger partial charge in [-0.2, -0.15) is 0 Å².